The molecule has 0 aliphatic rings. The minimum absolute atomic E-state index is 0.123. The maximum atomic E-state index is 11.7. The van der Waals surface area contributed by atoms with Gasteiger partial charge >= 0.3 is 0 Å². The van der Waals surface area contributed by atoms with E-state index < -0.39 is 0 Å². The third-order valence-electron chi connectivity index (χ3n) is 2.21. The molecule has 18 heavy (non-hydrogen) atoms. The lowest BCUT2D eigenvalue weighted by Gasteiger charge is -2.06. The molecule has 0 atom stereocenters. The van der Waals surface area contributed by atoms with E-state index in [1.54, 1.807) is 24.3 Å². The monoisotopic (exact) mass is 263 g/mol. The minimum atomic E-state index is -0.321. The molecule has 5 nitrogen and oxygen atoms in total. The second-order valence-electron chi connectivity index (χ2n) is 3.57. The normalized spacial score (nSPS) is 10.1. The minimum Gasteiger partial charge on any atom is -0.324 e. The second kappa shape index (κ2) is 5.46. The average Bonchev–Trinajstić information content (AvgIpc) is 2.35. The van der Waals surface area contributed by atoms with Crippen LogP contribution in [-0.2, 0) is 11.3 Å². The van der Waals surface area contributed by atoms with Gasteiger partial charge in [-0.2, -0.15) is 5.10 Å². The topological polar surface area (TPSA) is 64.0 Å². The van der Waals surface area contributed by atoms with Crippen molar-refractivity contribution in [2.24, 2.45) is 0 Å². The number of carbonyl (C=O) groups is 1. The first-order valence-corrected chi connectivity index (χ1v) is 5.60. The molecular formula is C12H10ClN3O2. The van der Waals surface area contributed by atoms with Crippen molar-refractivity contribution < 1.29 is 4.79 Å². The summed E-state index contributed by atoms with van der Waals surface area (Å²) in [6.07, 6.45) is 1.46. The van der Waals surface area contributed by atoms with E-state index >= 15 is 0 Å². The number of benzene rings is 1. The van der Waals surface area contributed by atoms with E-state index in [1.165, 1.54) is 18.3 Å². The number of anilines is 1. The van der Waals surface area contributed by atoms with E-state index in [0.29, 0.717) is 10.7 Å². The van der Waals surface area contributed by atoms with Gasteiger partial charge in [0.1, 0.15) is 6.54 Å². The summed E-state index contributed by atoms with van der Waals surface area (Å²) >= 11 is 5.73. The Kier molecular flexibility index (Phi) is 3.74. The molecular weight excluding hydrogens is 254 g/mol. The molecule has 1 N–H and O–H groups in total. The molecule has 1 aromatic carbocycles. The van der Waals surface area contributed by atoms with E-state index in [1.807, 2.05) is 0 Å². The Hall–Kier alpha value is -2.14. The fraction of sp³-hybridized carbons (Fsp3) is 0.0833. The van der Waals surface area contributed by atoms with Crippen LogP contribution in [0.3, 0.4) is 0 Å². The highest BCUT2D eigenvalue weighted by Crippen LogP contribution is 2.13. The van der Waals surface area contributed by atoms with E-state index in [0.717, 1.165) is 4.68 Å². The quantitative estimate of drug-likeness (QED) is 0.913. The van der Waals surface area contributed by atoms with Crippen LogP contribution < -0.4 is 10.9 Å². The first-order chi connectivity index (χ1) is 8.65. The molecule has 1 heterocycles. The van der Waals surface area contributed by atoms with Crippen LogP contribution in [0.1, 0.15) is 0 Å². The number of carbonyl (C=O) groups excluding carboxylic acids is 1. The Morgan fingerprint density at radius 1 is 1.28 bits per heavy atom. The number of hydrogen-bond acceptors (Lipinski definition) is 3. The molecule has 6 heteroatoms. The molecule has 0 fully saturated rings. The van der Waals surface area contributed by atoms with Crippen LogP contribution in [0.2, 0.25) is 5.02 Å². The van der Waals surface area contributed by atoms with Gasteiger partial charge in [0, 0.05) is 23.0 Å². The maximum Gasteiger partial charge on any atom is 0.267 e. The summed E-state index contributed by atoms with van der Waals surface area (Å²) in [5, 5.41) is 7.04. The van der Waals surface area contributed by atoms with Gasteiger partial charge in [-0.3, -0.25) is 9.59 Å². The molecule has 0 saturated carbocycles. The van der Waals surface area contributed by atoms with Crippen LogP contribution in [0.25, 0.3) is 0 Å². The van der Waals surface area contributed by atoms with Crippen LogP contribution in [-0.4, -0.2) is 15.7 Å². The second-order valence-corrected chi connectivity index (χ2v) is 4.01. The molecule has 0 radical (unpaired) electrons. The number of aromatic nitrogens is 2. The Morgan fingerprint density at radius 3 is 2.67 bits per heavy atom. The standard InChI is InChI=1S/C12H10ClN3O2/c13-9-3-5-10(6-4-9)15-11(17)8-16-12(18)2-1-7-14-16/h1-7H,8H2,(H,15,17). The van der Waals surface area contributed by atoms with E-state index in [9.17, 15) is 9.59 Å². The number of amides is 1. The lowest BCUT2D eigenvalue weighted by molar-refractivity contribution is -0.117. The van der Waals surface area contributed by atoms with Crippen molar-refractivity contribution in [3.05, 3.63) is 58.0 Å². The average molecular weight is 264 g/mol. The van der Waals surface area contributed by atoms with E-state index in [4.69, 9.17) is 11.6 Å². The zero-order valence-corrected chi connectivity index (χ0v) is 10.1. The fourth-order valence-electron chi connectivity index (χ4n) is 1.38. The van der Waals surface area contributed by atoms with Crippen molar-refractivity contribution in [2.75, 3.05) is 5.32 Å². The van der Waals surface area contributed by atoms with Crippen LogP contribution in [0.4, 0.5) is 5.69 Å². The highest BCUT2D eigenvalue weighted by molar-refractivity contribution is 6.30. The summed E-state index contributed by atoms with van der Waals surface area (Å²) in [6.45, 7) is -0.123. The lowest BCUT2D eigenvalue weighted by Crippen LogP contribution is -2.28. The third kappa shape index (κ3) is 3.18. The number of hydrogen-bond donors (Lipinski definition) is 1. The van der Waals surface area contributed by atoms with Crippen molar-refractivity contribution in [1.29, 1.82) is 0 Å². The van der Waals surface area contributed by atoms with Gasteiger partial charge in [-0.15, -0.1) is 0 Å². The van der Waals surface area contributed by atoms with Crippen molar-refractivity contribution in [3.63, 3.8) is 0 Å². The van der Waals surface area contributed by atoms with Gasteiger partial charge < -0.3 is 5.32 Å². The van der Waals surface area contributed by atoms with Crippen LogP contribution in [0.5, 0.6) is 0 Å². The first-order valence-electron chi connectivity index (χ1n) is 5.23. The van der Waals surface area contributed by atoms with Crippen LogP contribution in [0.15, 0.2) is 47.4 Å². The van der Waals surface area contributed by atoms with Gasteiger partial charge in [0.15, 0.2) is 0 Å². The summed E-state index contributed by atoms with van der Waals surface area (Å²) in [5.41, 5.74) is 0.303. The predicted molar refractivity (Wildman–Crippen MR) is 68.6 cm³/mol. The summed E-state index contributed by atoms with van der Waals surface area (Å²) in [7, 11) is 0. The highest BCUT2D eigenvalue weighted by Gasteiger charge is 2.05. The summed E-state index contributed by atoms with van der Waals surface area (Å²) in [4.78, 5) is 23.0. The van der Waals surface area contributed by atoms with E-state index in [2.05, 4.69) is 10.4 Å². The van der Waals surface area contributed by atoms with Gasteiger partial charge in [0.2, 0.25) is 5.91 Å². The van der Waals surface area contributed by atoms with Gasteiger partial charge in [-0.1, -0.05) is 11.6 Å². The van der Waals surface area contributed by atoms with Gasteiger partial charge in [0.25, 0.3) is 5.56 Å². The first kappa shape index (κ1) is 12.3. The Bertz CT molecular complexity index is 607. The van der Waals surface area contributed by atoms with Crippen LogP contribution in [0, 0.1) is 0 Å². The largest absolute Gasteiger partial charge is 0.324 e. The zero-order chi connectivity index (χ0) is 13.0. The summed E-state index contributed by atoms with van der Waals surface area (Å²) < 4.78 is 1.09. The van der Waals surface area contributed by atoms with Gasteiger partial charge in [-0.25, -0.2) is 4.68 Å². The number of halogens is 1. The molecule has 0 bridgehead atoms. The number of nitrogens with zero attached hydrogens (tertiary/aromatic N) is 2. The molecule has 92 valence electrons. The van der Waals surface area contributed by atoms with Gasteiger partial charge in [-0.05, 0) is 30.3 Å². The molecule has 0 unspecified atom stereocenters. The molecule has 2 aromatic rings. The van der Waals surface area contributed by atoms with Gasteiger partial charge in [0.05, 0.1) is 0 Å². The van der Waals surface area contributed by atoms with E-state index in [-0.39, 0.29) is 18.0 Å². The molecule has 0 spiro atoms. The molecule has 0 aliphatic heterocycles. The van der Waals surface area contributed by atoms with Crippen molar-refractivity contribution in [1.82, 2.24) is 9.78 Å². The van der Waals surface area contributed by atoms with Crippen molar-refractivity contribution in [3.8, 4) is 0 Å². The molecule has 0 aliphatic carbocycles. The maximum absolute atomic E-state index is 11.7. The Morgan fingerprint density at radius 2 is 2.00 bits per heavy atom. The van der Waals surface area contributed by atoms with Crippen molar-refractivity contribution in [2.45, 2.75) is 6.54 Å². The molecule has 0 saturated heterocycles. The molecule has 1 amide bonds. The highest BCUT2D eigenvalue weighted by atomic mass is 35.5. The fourth-order valence-corrected chi connectivity index (χ4v) is 1.50. The number of nitrogens with one attached hydrogen (secondary N) is 1. The zero-order valence-electron chi connectivity index (χ0n) is 9.34. The predicted octanol–water partition coefficient (Wildman–Crippen LogP) is 1.54. The third-order valence-corrected chi connectivity index (χ3v) is 2.46. The van der Waals surface area contributed by atoms with Crippen LogP contribution >= 0.6 is 11.6 Å². The summed E-state index contributed by atoms with van der Waals surface area (Å²) in [6, 6.07) is 9.58. The molecule has 2 rings (SSSR count). The smallest absolute Gasteiger partial charge is 0.267 e. The molecule has 1 aromatic heterocycles. The number of rotatable bonds is 3. The Balaban J connectivity index is 2.03. The summed E-state index contributed by atoms with van der Waals surface area (Å²) in [5.74, 6) is -0.321. The lowest BCUT2D eigenvalue weighted by atomic mass is 10.3. The SMILES string of the molecule is O=C(Cn1ncccc1=O)Nc1ccc(Cl)cc1. The Labute approximate surface area is 108 Å². The van der Waals surface area contributed by atoms with Crippen molar-refractivity contribution >= 4 is 23.2 Å².